The van der Waals surface area contributed by atoms with Gasteiger partial charge in [-0.15, -0.1) is 0 Å². The Balaban J connectivity index is 4.31. The van der Waals surface area contributed by atoms with Crippen molar-refractivity contribution >= 4 is 19.8 Å². The maximum absolute atomic E-state index is 12.5. The zero-order valence-electron chi connectivity index (χ0n) is 33.9. The Morgan fingerprint density at radius 2 is 1.04 bits per heavy atom. The lowest BCUT2D eigenvalue weighted by Gasteiger charge is -2.19. The molecule has 0 saturated heterocycles. The molecule has 0 aliphatic carbocycles. The quantitative estimate of drug-likeness (QED) is 0.0209. The first-order valence-corrected chi connectivity index (χ1v) is 21.9. The molecule has 0 aromatic carbocycles. The average molecular weight is 786 g/mol. The van der Waals surface area contributed by atoms with Crippen LogP contribution in [0.15, 0.2) is 109 Å². The van der Waals surface area contributed by atoms with Crippen molar-refractivity contribution in [2.75, 3.05) is 26.4 Å². The number of ether oxygens (including phenoxy) is 2. The van der Waals surface area contributed by atoms with E-state index in [-0.39, 0.29) is 32.6 Å². The predicted octanol–water partition coefficient (Wildman–Crippen LogP) is 11.6. The van der Waals surface area contributed by atoms with Gasteiger partial charge in [0.15, 0.2) is 6.10 Å². The van der Waals surface area contributed by atoms with Gasteiger partial charge in [0.2, 0.25) is 0 Å². The van der Waals surface area contributed by atoms with E-state index >= 15 is 0 Å². The summed E-state index contributed by atoms with van der Waals surface area (Å²) >= 11 is 0. The van der Waals surface area contributed by atoms with Crippen LogP contribution >= 0.6 is 7.82 Å². The fourth-order valence-corrected chi connectivity index (χ4v) is 5.52. The predicted molar refractivity (Wildman–Crippen MR) is 228 cm³/mol. The highest BCUT2D eigenvalue weighted by Gasteiger charge is 2.25. The Bertz CT molecular complexity index is 1260. The third-order valence-corrected chi connectivity index (χ3v) is 8.70. The molecule has 310 valence electrons. The number of carbonyl (C=O) groups is 2. The van der Waals surface area contributed by atoms with Gasteiger partial charge in [-0.05, 0) is 83.5 Å². The Morgan fingerprint density at radius 3 is 1.64 bits per heavy atom. The van der Waals surface area contributed by atoms with E-state index in [9.17, 15) is 19.0 Å². The number of hydrogen-bond donors (Lipinski definition) is 2. The summed E-state index contributed by atoms with van der Waals surface area (Å²) in [6.45, 7) is 3.37. The van der Waals surface area contributed by atoms with Gasteiger partial charge in [0.05, 0.1) is 13.2 Å². The maximum Gasteiger partial charge on any atom is 0.472 e. The number of phosphoric acid groups is 1. The molecule has 0 rings (SSSR count). The smallest absolute Gasteiger partial charge is 0.462 e. The molecule has 0 fully saturated rings. The van der Waals surface area contributed by atoms with Crippen LogP contribution in [0.1, 0.15) is 129 Å². The van der Waals surface area contributed by atoms with E-state index in [1.54, 1.807) is 0 Å². The summed E-state index contributed by atoms with van der Waals surface area (Å²) in [6, 6.07) is 0. The van der Waals surface area contributed by atoms with Crippen LogP contribution in [0.2, 0.25) is 0 Å². The highest BCUT2D eigenvalue weighted by atomic mass is 31.2. The molecule has 2 unspecified atom stereocenters. The molecule has 0 aromatic rings. The molecular weight excluding hydrogens is 713 g/mol. The number of hydrogen-bond acceptors (Lipinski definition) is 8. The molecule has 0 aliphatic heterocycles. The minimum Gasteiger partial charge on any atom is -0.462 e. The molecule has 2 atom stereocenters. The first-order valence-electron chi connectivity index (χ1n) is 20.4. The summed E-state index contributed by atoms with van der Waals surface area (Å²) in [5, 5.41) is 0. The SMILES string of the molecule is CC/C=C/C=C/C=C/CCCCCCCC(=O)OC(COC(=O)CCCC/C=C/C/C=C/C/C=C/C/C=C/C/C=C/C/C=C/CC)COP(=O)(O)OCCN. The number of unbranched alkanes of at least 4 members (excludes halogenated alkanes) is 7. The second kappa shape index (κ2) is 40.3. The van der Waals surface area contributed by atoms with Crippen LogP contribution in [0, 0.1) is 0 Å². The van der Waals surface area contributed by atoms with Gasteiger partial charge in [0, 0.05) is 19.4 Å². The fraction of sp³-hybridized carbons (Fsp3) is 0.556. The van der Waals surface area contributed by atoms with Crippen molar-refractivity contribution in [2.45, 2.75) is 136 Å². The van der Waals surface area contributed by atoms with Crippen molar-refractivity contribution in [3.63, 3.8) is 0 Å². The van der Waals surface area contributed by atoms with Crippen LogP contribution in [-0.2, 0) is 32.7 Å². The van der Waals surface area contributed by atoms with Crippen molar-refractivity contribution in [2.24, 2.45) is 5.73 Å². The first-order chi connectivity index (χ1) is 26.8. The lowest BCUT2D eigenvalue weighted by molar-refractivity contribution is -0.161. The summed E-state index contributed by atoms with van der Waals surface area (Å²) < 4.78 is 32.6. The highest BCUT2D eigenvalue weighted by molar-refractivity contribution is 7.47. The first kappa shape index (κ1) is 51.7. The number of esters is 2. The van der Waals surface area contributed by atoms with Crippen LogP contribution < -0.4 is 5.73 Å². The monoisotopic (exact) mass is 785 g/mol. The molecule has 0 spiro atoms. The van der Waals surface area contributed by atoms with Crippen molar-refractivity contribution in [1.82, 2.24) is 0 Å². The fourth-order valence-electron chi connectivity index (χ4n) is 4.75. The molecule has 0 aromatic heterocycles. The molecule has 10 heteroatoms. The molecule has 55 heavy (non-hydrogen) atoms. The normalized spacial score (nSPS) is 14.5. The number of rotatable bonds is 36. The van der Waals surface area contributed by atoms with Gasteiger partial charge in [-0.3, -0.25) is 18.6 Å². The highest BCUT2D eigenvalue weighted by Crippen LogP contribution is 2.43. The summed E-state index contributed by atoms with van der Waals surface area (Å²) in [7, 11) is -4.40. The van der Waals surface area contributed by atoms with E-state index < -0.39 is 32.5 Å². The molecule has 0 aliphatic rings. The molecule has 0 bridgehead atoms. The Kier molecular flexibility index (Phi) is 37.9. The molecule has 3 N–H and O–H groups in total. The minimum atomic E-state index is -4.40. The van der Waals surface area contributed by atoms with Crippen molar-refractivity contribution in [1.29, 1.82) is 0 Å². The number of allylic oxidation sites excluding steroid dienone is 18. The second-order valence-electron chi connectivity index (χ2n) is 12.8. The van der Waals surface area contributed by atoms with E-state index in [0.717, 1.165) is 89.9 Å². The molecule has 0 radical (unpaired) electrons. The summed E-state index contributed by atoms with van der Waals surface area (Å²) in [5.74, 6) is -0.918. The molecule has 0 heterocycles. The largest absolute Gasteiger partial charge is 0.472 e. The van der Waals surface area contributed by atoms with E-state index in [1.165, 1.54) is 0 Å². The van der Waals surface area contributed by atoms with E-state index in [1.807, 2.05) is 18.2 Å². The lowest BCUT2D eigenvalue weighted by atomic mass is 10.1. The van der Waals surface area contributed by atoms with E-state index in [0.29, 0.717) is 12.8 Å². The average Bonchev–Trinajstić information content (AvgIpc) is 3.17. The zero-order chi connectivity index (χ0) is 40.3. The molecule has 0 amide bonds. The summed E-state index contributed by atoms with van der Waals surface area (Å²) in [4.78, 5) is 34.8. The summed E-state index contributed by atoms with van der Waals surface area (Å²) in [6.07, 6.45) is 52.7. The maximum atomic E-state index is 12.5. The molecular formula is C45H72NO8P. The minimum absolute atomic E-state index is 0.0367. The number of phosphoric ester groups is 1. The van der Waals surface area contributed by atoms with Crippen LogP contribution in [0.25, 0.3) is 0 Å². The van der Waals surface area contributed by atoms with Crippen molar-refractivity contribution in [3.8, 4) is 0 Å². The molecule has 0 saturated carbocycles. The van der Waals surface area contributed by atoms with Gasteiger partial charge in [0.25, 0.3) is 0 Å². The third-order valence-electron chi connectivity index (χ3n) is 7.72. The van der Waals surface area contributed by atoms with Gasteiger partial charge < -0.3 is 20.1 Å². The van der Waals surface area contributed by atoms with Crippen LogP contribution in [0.3, 0.4) is 0 Å². The Labute approximate surface area is 333 Å². The Morgan fingerprint density at radius 1 is 0.564 bits per heavy atom. The van der Waals surface area contributed by atoms with Crippen molar-refractivity contribution < 1.29 is 37.6 Å². The van der Waals surface area contributed by atoms with E-state index in [4.69, 9.17) is 24.3 Å². The zero-order valence-corrected chi connectivity index (χ0v) is 34.7. The van der Waals surface area contributed by atoms with Crippen LogP contribution in [-0.4, -0.2) is 49.3 Å². The van der Waals surface area contributed by atoms with Gasteiger partial charge in [-0.1, -0.05) is 142 Å². The number of nitrogens with two attached hydrogens (primary N) is 1. The summed E-state index contributed by atoms with van der Waals surface area (Å²) in [5.41, 5.74) is 5.33. The van der Waals surface area contributed by atoms with Crippen LogP contribution in [0.4, 0.5) is 0 Å². The van der Waals surface area contributed by atoms with E-state index in [2.05, 4.69) is 105 Å². The molecule has 9 nitrogen and oxygen atoms in total. The lowest BCUT2D eigenvalue weighted by Crippen LogP contribution is -2.29. The Hall–Kier alpha value is -3.33. The topological polar surface area (TPSA) is 134 Å². The van der Waals surface area contributed by atoms with Gasteiger partial charge >= 0.3 is 19.8 Å². The standard InChI is InChI=1S/C45H72NO8P/c1-3-5-7-9-11-13-15-17-18-19-20-21-22-23-24-26-27-29-31-33-35-37-44(47)51-41-43(42-53-55(49,50)52-40-39-46)54-45(48)38-36-34-32-30-28-25-16-14-12-10-8-6-4-2/h5-8,10-14,16-18,20-21,23-24,27,29,43H,3-4,9,15,19,22,25-26,28,30-42,46H2,1-2H3,(H,49,50)/b7-5+,8-6+,12-10+,13-11+,16-14+,18-17+,21-20+,24-23+,29-27+. The van der Waals surface area contributed by atoms with Gasteiger partial charge in [-0.2, -0.15) is 0 Å². The van der Waals surface area contributed by atoms with Crippen molar-refractivity contribution in [3.05, 3.63) is 109 Å². The third kappa shape index (κ3) is 40.2. The van der Waals surface area contributed by atoms with Crippen LogP contribution in [0.5, 0.6) is 0 Å². The van der Waals surface area contributed by atoms with Gasteiger partial charge in [-0.25, -0.2) is 4.57 Å². The second-order valence-corrected chi connectivity index (χ2v) is 14.3. The number of carbonyl (C=O) groups excluding carboxylic acids is 2. The van der Waals surface area contributed by atoms with Gasteiger partial charge in [0.1, 0.15) is 6.61 Å².